The molecular formula is C22H36N6. The molecule has 0 saturated heterocycles. The Morgan fingerprint density at radius 2 is 1.82 bits per heavy atom. The quantitative estimate of drug-likeness (QED) is 0.515. The monoisotopic (exact) mass is 384 g/mol. The first-order valence-corrected chi connectivity index (χ1v) is 10.2. The molecule has 28 heavy (non-hydrogen) atoms. The van der Waals surface area contributed by atoms with Crippen molar-refractivity contribution in [2.45, 2.75) is 46.7 Å². The summed E-state index contributed by atoms with van der Waals surface area (Å²) >= 11 is 0. The fraction of sp³-hybridized carbons (Fsp3) is 0.545. The van der Waals surface area contributed by atoms with Crippen molar-refractivity contribution < 1.29 is 0 Å². The summed E-state index contributed by atoms with van der Waals surface area (Å²) in [4.78, 5) is 6.91. The molecule has 1 aromatic heterocycles. The molecule has 2 rings (SSSR count). The van der Waals surface area contributed by atoms with E-state index >= 15 is 0 Å². The summed E-state index contributed by atoms with van der Waals surface area (Å²) in [6.07, 6.45) is 1.02. The summed E-state index contributed by atoms with van der Waals surface area (Å²) in [5, 5.41) is 11.5. The molecule has 6 nitrogen and oxygen atoms in total. The predicted molar refractivity (Wildman–Crippen MR) is 118 cm³/mol. The van der Waals surface area contributed by atoms with Gasteiger partial charge in [-0.3, -0.25) is 14.6 Å². The van der Waals surface area contributed by atoms with Gasteiger partial charge >= 0.3 is 0 Å². The number of rotatable bonds is 9. The first-order chi connectivity index (χ1) is 13.5. The number of benzene rings is 1. The fourth-order valence-electron chi connectivity index (χ4n) is 3.64. The highest BCUT2D eigenvalue weighted by Gasteiger charge is 2.17. The lowest BCUT2D eigenvalue weighted by Gasteiger charge is -2.30. The zero-order chi connectivity index (χ0) is 20.5. The third kappa shape index (κ3) is 5.83. The number of aryl methyl sites for hydroxylation is 2. The first kappa shape index (κ1) is 22.0. The Morgan fingerprint density at radius 1 is 1.14 bits per heavy atom. The Balaban J connectivity index is 1.98. The number of guanidine groups is 1. The van der Waals surface area contributed by atoms with Gasteiger partial charge in [-0.25, -0.2) is 0 Å². The van der Waals surface area contributed by atoms with E-state index in [1.54, 1.807) is 0 Å². The van der Waals surface area contributed by atoms with Crippen molar-refractivity contribution in [3.8, 4) is 0 Å². The van der Waals surface area contributed by atoms with Crippen LogP contribution in [0, 0.1) is 13.8 Å². The number of aromatic nitrogens is 2. The zero-order valence-corrected chi connectivity index (χ0v) is 18.3. The summed E-state index contributed by atoms with van der Waals surface area (Å²) in [5.74, 6) is 0.827. The summed E-state index contributed by atoms with van der Waals surface area (Å²) in [5.41, 5.74) is 4.85. The lowest BCUT2D eigenvalue weighted by Crippen LogP contribution is -2.48. The van der Waals surface area contributed by atoms with Crippen LogP contribution in [0.5, 0.6) is 0 Å². The molecule has 0 radical (unpaired) electrons. The smallest absolute Gasteiger partial charge is 0.191 e. The highest BCUT2D eigenvalue weighted by molar-refractivity contribution is 5.79. The molecule has 0 aliphatic carbocycles. The lowest BCUT2D eigenvalue weighted by molar-refractivity contribution is 0.215. The summed E-state index contributed by atoms with van der Waals surface area (Å²) in [7, 11) is 3.80. The van der Waals surface area contributed by atoms with Crippen molar-refractivity contribution >= 4 is 5.96 Å². The minimum atomic E-state index is 0.415. The van der Waals surface area contributed by atoms with Crippen LogP contribution < -0.4 is 10.6 Å². The Hall–Kier alpha value is -2.34. The van der Waals surface area contributed by atoms with Crippen LogP contribution in [0.15, 0.2) is 35.3 Å². The maximum Gasteiger partial charge on any atom is 0.191 e. The number of nitrogens with one attached hydrogen (secondary N) is 2. The topological polar surface area (TPSA) is 57.5 Å². The molecular weight excluding hydrogens is 348 g/mol. The highest BCUT2D eigenvalue weighted by atomic mass is 15.3. The van der Waals surface area contributed by atoms with E-state index in [0.29, 0.717) is 6.04 Å². The van der Waals surface area contributed by atoms with Gasteiger partial charge in [-0.2, -0.15) is 5.10 Å². The largest absolute Gasteiger partial charge is 0.355 e. The first-order valence-electron chi connectivity index (χ1n) is 10.2. The van der Waals surface area contributed by atoms with Crippen LogP contribution in [-0.2, 0) is 20.0 Å². The minimum Gasteiger partial charge on any atom is -0.355 e. The van der Waals surface area contributed by atoms with Crippen LogP contribution in [0.2, 0.25) is 0 Å². The van der Waals surface area contributed by atoms with Gasteiger partial charge in [-0.05, 0) is 38.9 Å². The van der Waals surface area contributed by atoms with Crippen molar-refractivity contribution in [3.05, 3.63) is 52.8 Å². The molecule has 0 aliphatic rings. The average Bonchev–Trinajstić information content (AvgIpc) is 2.95. The molecule has 0 aliphatic heterocycles. The number of likely N-dealkylation sites (N-methyl/N-ethyl adjacent to an activating group) is 1. The number of hydrogen-bond acceptors (Lipinski definition) is 3. The molecule has 154 valence electrons. The van der Waals surface area contributed by atoms with E-state index in [1.165, 1.54) is 16.8 Å². The van der Waals surface area contributed by atoms with Crippen LogP contribution >= 0.6 is 0 Å². The molecule has 1 heterocycles. The maximum atomic E-state index is 4.49. The van der Waals surface area contributed by atoms with Gasteiger partial charge in [0.2, 0.25) is 0 Å². The van der Waals surface area contributed by atoms with Gasteiger partial charge in [0, 0.05) is 44.5 Å². The van der Waals surface area contributed by atoms with Crippen molar-refractivity contribution in [1.82, 2.24) is 25.3 Å². The van der Waals surface area contributed by atoms with E-state index in [9.17, 15) is 0 Å². The van der Waals surface area contributed by atoms with Gasteiger partial charge in [-0.1, -0.05) is 44.2 Å². The second-order valence-corrected chi connectivity index (χ2v) is 7.14. The molecule has 1 aromatic carbocycles. The van der Waals surface area contributed by atoms with Gasteiger partial charge in [0.15, 0.2) is 5.96 Å². The molecule has 2 aromatic rings. The second kappa shape index (κ2) is 10.9. The molecule has 1 unspecified atom stereocenters. The number of hydrogen-bond donors (Lipinski definition) is 2. The van der Waals surface area contributed by atoms with Crippen molar-refractivity contribution in [1.29, 1.82) is 0 Å². The van der Waals surface area contributed by atoms with Crippen LogP contribution in [0.4, 0.5) is 0 Å². The van der Waals surface area contributed by atoms with E-state index < -0.39 is 0 Å². The van der Waals surface area contributed by atoms with Crippen LogP contribution in [0.3, 0.4) is 0 Å². The van der Waals surface area contributed by atoms with Gasteiger partial charge in [0.25, 0.3) is 0 Å². The van der Waals surface area contributed by atoms with Crippen LogP contribution in [0.25, 0.3) is 0 Å². The summed E-state index contributed by atoms with van der Waals surface area (Å²) in [6, 6.07) is 11.1. The summed E-state index contributed by atoms with van der Waals surface area (Å²) in [6.45, 7) is 12.2. The Labute approximate surface area is 170 Å². The lowest BCUT2D eigenvalue weighted by atomic mass is 10.0. The van der Waals surface area contributed by atoms with E-state index in [4.69, 9.17) is 0 Å². The highest BCUT2D eigenvalue weighted by Crippen LogP contribution is 2.11. The predicted octanol–water partition coefficient (Wildman–Crippen LogP) is 2.66. The molecule has 0 amide bonds. The minimum absolute atomic E-state index is 0.415. The van der Waals surface area contributed by atoms with Crippen LogP contribution in [-0.4, -0.2) is 53.4 Å². The molecule has 0 spiro atoms. The van der Waals surface area contributed by atoms with E-state index in [2.05, 4.69) is 83.7 Å². The van der Waals surface area contributed by atoms with E-state index in [0.717, 1.165) is 44.3 Å². The third-order valence-corrected chi connectivity index (χ3v) is 5.46. The summed E-state index contributed by atoms with van der Waals surface area (Å²) < 4.78 is 1.93. The van der Waals surface area contributed by atoms with E-state index in [-0.39, 0.29) is 0 Å². The molecule has 0 fully saturated rings. The van der Waals surface area contributed by atoms with Gasteiger partial charge in [-0.15, -0.1) is 0 Å². The fourth-order valence-corrected chi connectivity index (χ4v) is 3.64. The molecule has 0 bridgehead atoms. The normalized spacial score (nSPS) is 13.0. The Morgan fingerprint density at radius 3 is 2.36 bits per heavy atom. The van der Waals surface area contributed by atoms with Crippen molar-refractivity contribution in [3.63, 3.8) is 0 Å². The van der Waals surface area contributed by atoms with Gasteiger partial charge in [0.05, 0.1) is 5.69 Å². The van der Waals surface area contributed by atoms with Gasteiger partial charge in [0.1, 0.15) is 0 Å². The van der Waals surface area contributed by atoms with Crippen molar-refractivity contribution in [2.75, 3.05) is 26.7 Å². The van der Waals surface area contributed by atoms with Crippen molar-refractivity contribution in [2.24, 2.45) is 12.0 Å². The molecule has 6 heteroatoms. The van der Waals surface area contributed by atoms with Gasteiger partial charge < -0.3 is 10.6 Å². The Bertz CT molecular complexity index is 746. The molecule has 1 atom stereocenters. The number of aliphatic imine (C=N–C) groups is 1. The molecule has 0 saturated carbocycles. The Kier molecular flexibility index (Phi) is 8.51. The molecule has 2 N–H and O–H groups in total. The van der Waals surface area contributed by atoms with E-state index in [1.807, 2.05) is 18.8 Å². The number of nitrogens with zero attached hydrogens (tertiary/aromatic N) is 4. The zero-order valence-electron chi connectivity index (χ0n) is 18.3. The SMILES string of the molecule is CCN(CC)C(CNC(=NC)NCc1c(C)nn(C)c1C)Cc1ccccc1. The standard InChI is InChI=1S/C22H36N6/c1-7-28(8-2)20(14-19-12-10-9-11-13-19)15-24-22(23-5)25-16-21-17(3)26-27(6)18(21)4/h9-13,20H,7-8,14-16H2,1-6H3,(H2,23,24,25). The average molecular weight is 385 g/mol. The second-order valence-electron chi connectivity index (χ2n) is 7.14. The maximum absolute atomic E-state index is 4.49. The third-order valence-electron chi connectivity index (χ3n) is 5.46. The van der Waals surface area contributed by atoms with Crippen LogP contribution in [0.1, 0.15) is 36.4 Å².